The zero-order valence-corrected chi connectivity index (χ0v) is 11.9. The third kappa shape index (κ3) is 5.04. The summed E-state index contributed by atoms with van der Waals surface area (Å²) in [7, 11) is 0. The molecule has 1 atom stereocenters. The molecule has 0 saturated carbocycles. The Balaban J connectivity index is 2.57. The molecule has 0 aliphatic carbocycles. The zero-order chi connectivity index (χ0) is 12.7. The van der Waals surface area contributed by atoms with Crippen molar-refractivity contribution in [3.05, 3.63) is 28.5 Å². The van der Waals surface area contributed by atoms with Gasteiger partial charge in [0.1, 0.15) is 17.7 Å². The third-order valence-corrected chi connectivity index (χ3v) is 3.10. The number of hydrogen-bond donors (Lipinski definition) is 1. The molecule has 0 bridgehead atoms. The maximum Gasteiger partial charge on any atom is 0.136 e. The average Bonchev–Trinajstić information content (AvgIpc) is 2.32. The van der Waals surface area contributed by atoms with E-state index in [2.05, 4.69) is 35.1 Å². The molecule has 0 aliphatic heterocycles. The SMILES string of the molecule is CCCNCC(CC)Oc1cc(F)ccc1Br. The van der Waals surface area contributed by atoms with Gasteiger partial charge in [0, 0.05) is 12.6 Å². The first-order valence-electron chi connectivity index (χ1n) is 5.99. The first kappa shape index (κ1) is 14.5. The molecule has 0 aromatic heterocycles. The van der Waals surface area contributed by atoms with Gasteiger partial charge in [-0.05, 0) is 47.4 Å². The average molecular weight is 304 g/mol. The summed E-state index contributed by atoms with van der Waals surface area (Å²) < 4.78 is 19.6. The van der Waals surface area contributed by atoms with Gasteiger partial charge in [0.2, 0.25) is 0 Å². The lowest BCUT2D eigenvalue weighted by Gasteiger charge is -2.19. The summed E-state index contributed by atoms with van der Waals surface area (Å²) in [6.45, 7) is 5.95. The van der Waals surface area contributed by atoms with E-state index in [1.54, 1.807) is 6.07 Å². The highest BCUT2D eigenvalue weighted by molar-refractivity contribution is 9.10. The van der Waals surface area contributed by atoms with Gasteiger partial charge in [-0.25, -0.2) is 4.39 Å². The normalized spacial score (nSPS) is 12.5. The smallest absolute Gasteiger partial charge is 0.136 e. The van der Waals surface area contributed by atoms with Gasteiger partial charge in [0.25, 0.3) is 0 Å². The van der Waals surface area contributed by atoms with Crippen LogP contribution in [0, 0.1) is 5.82 Å². The number of rotatable bonds is 7. The minimum atomic E-state index is -0.278. The van der Waals surface area contributed by atoms with Gasteiger partial charge >= 0.3 is 0 Å². The van der Waals surface area contributed by atoms with Crippen LogP contribution in [0.2, 0.25) is 0 Å². The minimum absolute atomic E-state index is 0.0691. The first-order chi connectivity index (χ1) is 8.17. The maximum absolute atomic E-state index is 13.1. The molecule has 1 aromatic rings. The molecule has 1 N–H and O–H groups in total. The highest BCUT2D eigenvalue weighted by Crippen LogP contribution is 2.26. The Morgan fingerprint density at radius 1 is 1.41 bits per heavy atom. The molecule has 1 rings (SSSR count). The Labute approximate surface area is 111 Å². The Kier molecular flexibility index (Phi) is 6.52. The largest absolute Gasteiger partial charge is 0.488 e. The fraction of sp³-hybridized carbons (Fsp3) is 0.538. The van der Waals surface area contributed by atoms with Crippen LogP contribution in [0.25, 0.3) is 0 Å². The summed E-state index contributed by atoms with van der Waals surface area (Å²) >= 11 is 3.36. The van der Waals surface area contributed by atoms with E-state index in [-0.39, 0.29) is 11.9 Å². The van der Waals surface area contributed by atoms with Gasteiger partial charge in [-0.1, -0.05) is 13.8 Å². The van der Waals surface area contributed by atoms with Crippen molar-refractivity contribution in [2.24, 2.45) is 0 Å². The van der Waals surface area contributed by atoms with Crippen molar-refractivity contribution in [3.63, 3.8) is 0 Å². The van der Waals surface area contributed by atoms with Gasteiger partial charge in [-0.15, -0.1) is 0 Å². The van der Waals surface area contributed by atoms with Gasteiger partial charge in [-0.3, -0.25) is 0 Å². The lowest BCUT2D eigenvalue weighted by Crippen LogP contribution is -2.31. The predicted molar refractivity (Wildman–Crippen MR) is 72.0 cm³/mol. The Morgan fingerprint density at radius 3 is 2.82 bits per heavy atom. The number of ether oxygens (including phenoxy) is 1. The number of halogens is 2. The Bertz CT molecular complexity index is 346. The second-order valence-electron chi connectivity index (χ2n) is 3.93. The topological polar surface area (TPSA) is 21.3 Å². The Morgan fingerprint density at radius 2 is 2.18 bits per heavy atom. The van der Waals surface area contributed by atoms with Crippen LogP contribution in [-0.4, -0.2) is 19.2 Å². The summed E-state index contributed by atoms with van der Waals surface area (Å²) in [5, 5.41) is 3.31. The van der Waals surface area contributed by atoms with E-state index < -0.39 is 0 Å². The van der Waals surface area contributed by atoms with Crippen molar-refractivity contribution in [2.45, 2.75) is 32.8 Å². The van der Waals surface area contributed by atoms with E-state index in [0.717, 1.165) is 30.4 Å². The summed E-state index contributed by atoms with van der Waals surface area (Å²) in [4.78, 5) is 0. The molecule has 0 aliphatic rings. The molecule has 17 heavy (non-hydrogen) atoms. The van der Waals surface area contributed by atoms with Crippen LogP contribution in [-0.2, 0) is 0 Å². The molecule has 0 heterocycles. The predicted octanol–water partition coefficient (Wildman–Crippen LogP) is 3.75. The van der Waals surface area contributed by atoms with Crippen LogP contribution in [0.3, 0.4) is 0 Å². The monoisotopic (exact) mass is 303 g/mol. The van der Waals surface area contributed by atoms with Crippen molar-refractivity contribution in [1.29, 1.82) is 0 Å². The highest BCUT2D eigenvalue weighted by atomic mass is 79.9. The Hall–Kier alpha value is -0.610. The zero-order valence-electron chi connectivity index (χ0n) is 10.3. The van der Waals surface area contributed by atoms with Crippen molar-refractivity contribution < 1.29 is 9.13 Å². The first-order valence-corrected chi connectivity index (χ1v) is 6.79. The van der Waals surface area contributed by atoms with Crippen LogP contribution < -0.4 is 10.1 Å². The van der Waals surface area contributed by atoms with Gasteiger partial charge in [0.05, 0.1) is 4.47 Å². The van der Waals surface area contributed by atoms with Crippen LogP contribution in [0.1, 0.15) is 26.7 Å². The molecule has 0 fully saturated rings. The van der Waals surface area contributed by atoms with E-state index in [0.29, 0.717) is 5.75 Å². The fourth-order valence-electron chi connectivity index (χ4n) is 1.46. The highest BCUT2D eigenvalue weighted by Gasteiger charge is 2.10. The van der Waals surface area contributed by atoms with Crippen molar-refractivity contribution >= 4 is 15.9 Å². The second kappa shape index (κ2) is 7.67. The van der Waals surface area contributed by atoms with E-state index in [1.807, 2.05) is 0 Å². The summed E-state index contributed by atoms with van der Waals surface area (Å²) in [6, 6.07) is 4.48. The van der Waals surface area contributed by atoms with Crippen LogP contribution in [0.5, 0.6) is 5.75 Å². The van der Waals surface area contributed by atoms with E-state index in [9.17, 15) is 4.39 Å². The molecular formula is C13H19BrFNO. The van der Waals surface area contributed by atoms with Crippen molar-refractivity contribution in [1.82, 2.24) is 5.32 Å². The molecule has 96 valence electrons. The van der Waals surface area contributed by atoms with Crippen LogP contribution >= 0.6 is 15.9 Å². The number of benzene rings is 1. The van der Waals surface area contributed by atoms with E-state index in [4.69, 9.17) is 4.74 Å². The second-order valence-corrected chi connectivity index (χ2v) is 4.78. The van der Waals surface area contributed by atoms with Crippen LogP contribution in [0.4, 0.5) is 4.39 Å². The molecule has 1 aromatic carbocycles. The molecule has 1 unspecified atom stereocenters. The van der Waals surface area contributed by atoms with Gasteiger partial charge in [0.15, 0.2) is 0 Å². The number of hydrogen-bond acceptors (Lipinski definition) is 2. The molecular weight excluding hydrogens is 285 g/mol. The summed E-state index contributed by atoms with van der Waals surface area (Å²) in [6.07, 6.45) is 2.05. The van der Waals surface area contributed by atoms with Gasteiger partial charge in [-0.2, -0.15) is 0 Å². The fourth-order valence-corrected chi connectivity index (χ4v) is 1.80. The lowest BCUT2D eigenvalue weighted by atomic mass is 10.2. The quantitative estimate of drug-likeness (QED) is 0.775. The van der Waals surface area contributed by atoms with E-state index >= 15 is 0 Å². The van der Waals surface area contributed by atoms with E-state index in [1.165, 1.54) is 12.1 Å². The maximum atomic E-state index is 13.1. The molecule has 0 spiro atoms. The van der Waals surface area contributed by atoms with Crippen molar-refractivity contribution in [2.75, 3.05) is 13.1 Å². The molecule has 0 saturated heterocycles. The summed E-state index contributed by atoms with van der Waals surface area (Å²) in [5.41, 5.74) is 0. The van der Waals surface area contributed by atoms with Gasteiger partial charge < -0.3 is 10.1 Å². The molecule has 2 nitrogen and oxygen atoms in total. The van der Waals surface area contributed by atoms with Crippen molar-refractivity contribution in [3.8, 4) is 5.75 Å². The third-order valence-electron chi connectivity index (χ3n) is 2.44. The molecule has 4 heteroatoms. The van der Waals surface area contributed by atoms with Crippen LogP contribution in [0.15, 0.2) is 22.7 Å². The lowest BCUT2D eigenvalue weighted by molar-refractivity contribution is 0.191. The summed E-state index contributed by atoms with van der Waals surface area (Å²) in [5.74, 6) is 0.287. The standard InChI is InChI=1S/C13H19BrFNO/c1-3-7-16-9-11(4-2)17-13-8-10(15)5-6-12(13)14/h5-6,8,11,16H,3-4,7,9H2,1-2H3. The molecule has 0 amide bonds. The molecule has 0 radical (unpaired) electrons. The minimum Gasteiger partial charge on any atom is -0.488 e. The number of nitrogens with one attached hydrogen (secondary N) is 1.